The summed E-state index contributed by atoms with van der Waals surface area (Å²) in [6.45, 7) is 0. The topological polar surface area (TPSA) is 77.2 Å². The number of nitrogens with zero attached hydrogens (tertiary/aromatic N) is 2. The van der Waals surface area contributed by atoms with Crippen LogP contribution >= 0.6 is 11.8 Å². The lowest BCUT2D eigenvalue weighted by Gasteiger charge is -2.20. The average molecular weight is 482 g/mol. The molecule has 174 valence electrons. The Kier molecular flexibility index (Phi) is 6.77. The van der Waals surface area contributed by atoms with E-state index >= 15 is 0 Å². The van der Waals surface area contributed by atoms with Gasteiger partial charge in [-0.15, -0.1) is 0 Å². The second-order valence-electron chi connectivity index (χ2n) is 7.82. The number of para-hydroxylation sites is 1. The molecule has 0 fully saturated rings. The zero-order valence-corrected chi connectivity index (χ0v) is 19.9. The third kappa shape index (κ3) is 5.05. The Bertz CT molecular complexity index is 1420. The number of hydrogen-bond acceptors (Lipinski definition) is 6. The van der Waals surface area contributed by atoms with Crippen molar-refractivity contribution in [3.63, 3.8) is 0 Å². The fourth-order valence-corrected chi connectivity index (χ4v) is 4.75. The van der Waals surface area contributed by atoms with Gasteiger partial charge in [-0.1, -0.05) is 72.4 Å². The molecule has 3 aromatic carbocycles. The van der Waals surface area contributed by atoms with Gasteiger partial charge in [0.25, 0.3) is 5.91 Å². The van der Waals surface area contributed by atoms with Gasteiger partial charge >= 0.3 is 0 Å². The number of furan rings is 1. The van der Waals surface area contributed by atoms with Crippen molar-refractivity contribution in [1.29, 1.82) is 0 Å². The lowest BCUT2D eigenvalue weighted by Crippen LogP contribution is -2.29. The van der Waals surface area contributed by atoms with E-state index in [1.807, 2.05) is 78.9 Å². The molecule has 0 radical (unpaired) electrons. The minimum atomic E-state index is -0.360. The van der Waals surface area contributed by atoms with Crippen molar-refractivity contribution in [2.75, 3.05) is 7.11 Å². The van der Waals surface area contributed by atoms with Gasteiger partial charge in [0.15, 0.2) is 10.9 Å². The van der Waals surface area contributed by atoms with E-state index in [9.17, 15) is 4.79 Å². The predicted octanol–water partition coefficient (Wildman–Crippen LogP) is 6.04. The molecule has 1 atom stereocenters. The molecule has 0 saturated carbocycles. The standard InChI is InChI=1S/C28H23N3O3S/c1-33-21-14-12-20(13-15-21)25(19-8-3-2-4-9-19)31-27(32)26-23(18-35-28-29-16-7-17-30-28)22-10-5-6-11-24(22)34-26/h2-17,25H,18H2,1H3,(H,31,32). The van der Waals surface area contributed by atoms with Crippen LogP contribution in [0.3, 0.4) is 0 Å². The molecule has 1 unspecified atom stereocenters. The number of amides is 1. The van der Waals surface area contributed by atoms with E-state index in [0.29, 0.717) is 22.3 Å². The Labute approximate surface area is 207 Å². The van der Waals surface area contributed by atoms with Gasteiger partial charge in [-0.2, -0.15) is 0 Å². The third-order valence-corrected chi connectivity index (χ3v) is 6.55. The molecule has 0 aliphatic heterocycles. The number of rotatable bonds is 8. The lowest BCUT2D eigenvalue weighted by atomic mass is 9.98. The van der Waals surface area contributed by atoms with Crippen LogP contribution in [-0.4, -0.2) is 23.0 Å². The second-order valence-corrected chi connectivity index (χ2v) is 8.76. The van der Waals surface area contributed by atoms with Crippen LogP contribution in [0.2, 0.25) is 0 Å². The third-order valence-electron chi connectivity index (χ3n) is 5.65. The Morgan fingerprint density at radius 2 is 1.60 bits per heavy atom. The van der Waals surface area contributed by atoms with Crippen molar-refractivity contribution in [3.8, 4) is 5.75 Å². The minimum absolute atomic E-state index is 0.282. The highest BCUT2D eigenvalue weighted by molar-refractivity contribution is 7.98. The molecule has 35 heavy (non-hydrogen) atoms. The number of carbonyl (C=O) groups excluding carboxylic acids is 1. The highest BCUT2D eigenvalue weighted by Crippen LogP contribution is 2.32. The van der Waals surface area contributed by atoms with Crippen molar-refractivity contribution in [3.05, 3.63) is 120 Å². The summed E-state index contributed by atoms with van der Waals surface area (Å²) in [5.74, 6) is 1.27. The van der Waals surface area contributed by atoms with Crippen molar-refractivity contribution in [2.24, 2.45) is 0 Å². The van der Waals surface area contributed by atoms with E-state index < -0.39 is 0 Å². The Hall–Kier alpha value is -4.10. The molecule has 2 heterocycles. The maximum Gasteiger partial charge on any atom is 0.288 e. The summed E-state index contributed by atoms with van der Waals surface area (Å²) in [5.41, 5.74) is 3.39. The number of thioether (sulfide) groups is 1. The predicted molar refractivity (Wildman–Crippen MR) is 137 cm³/mol. The van der Waals surface area contributed by atoms with Crippen LogP contribution in [0.1, 0.15) is 33.3 Å². The van der Waals surface area contributed by atoms with Crippen LogP contribution in [0.15, 0.2) is 107 Å². The Morgan fingerprint density at radius 1 is 0.914 bits per heavy atom. The largest absolute Gasteiger partial charge is 0.497 e. The van der Waals surface area contributed by atoms with Crippen molar-refractivity contribution >= 4 is 28.6 Å². The zero-order chi connectivity index (χ0) is 24.0. The summed E-state index contributed by atoms with van der Waals surface area (Å²) in [7, 11) is 1.63. The van der Waals surface area contributed by atoms with Crippen LogP contribution in [0.25, 0.3) is 11.0 Å². The Morgan fingerprint density at radius 3 is 2.34 bits per heavy atom. The molecule has 2 aromatic heterocycles. The SMILES string of the molecule is COc1ccc(C(NC(=O)c2oc3ccccc3c2CSc2ncccn2)c2ccccc2)cc1. The number of fused-ring (bicyclic) bond motifs is 1. The lowest BCUT2D eigenvalue weighted by molar-refractivity contribution is 0.0916. The van der Waals surface area contributed by atoms with Gasteiger partial charge in [0.05, 0.1) is 13.2 Å². The molecule has 6 nitrogen and oxygen atoms in total. The number of carbonyl (C=O) groups is 1. The summed E-state index contributed by atoms with van der Waals surface area (Å²) in [6, 6.07) is 26.7. The van der Waals surface area contributed by atoms with Crippen LogP contribution < -0.4 is 10.1 Å². The van der Waals surface area contributed by atoms with E-state index in [1.54, 1.807) is 25.6 Å². The van der Waals surface area contributed by atoms with Gasteiger partial charge in [0, 0.05) is 29.1 Å². The van der Waals surface area contributed by atoms with Crippen molar-refractivity contribution in [1.82, 2.24) is 15.3 Å². The van der Waals surface area contributed by atoms with Gasteiger partial charge in [-0.25, -0.2) is 9.97 Å². The van der Waals surface area contributed by atoms with E-state index in [-0.39, 0.29) is 11.9 Å². The van der Waals surface area contributed by atoms with E-state index in [4.69, 9.17) is 9.15 Å². The molecule has 0 saturated heterocycles. The van der Waals surface area contributed by atoms with E-state index in [2.05, 4.69) is 15.3 Å². The molecule has 7 heteroatoms. The maximum absolute atomic E-state index is 13.7. The first-order chi connectivity index (χ1) is 17.2. The molecule has 0 spiro atoms. The van der Waals surface area contributed by atoms with E-state index in [1.165, 1.54) is 11.8 Å². The van der Waals surface area contributed by atoms with Crippen LogP contribution in [0.5, 0.6) is 5.75 Å². The van der Waals surface area contributed by atoms with Gasteiger partial charge in [-0.3, -0.25) is 4.79 Å². The maximum atomic E-state index is 13.7. The minimum Gasteiger partial charge on any atom is -0.497 e. The summed E-state index contributed by atoms with van der Waals surface area (Å²) in [6.07, 6.45) is 3.41. The van der Waals surface area contributed by atoms with Gasteiger partial charge < -0.3 is 14.5 Å². The average Bonchev–Trinajstić information content (AvgIpc) is 3.30. The normalized spacial score (nSPS) is 11.8. The zero-order valence-electron chi connectivity index (χ0n) is 19.0. The number of aromatic nitrogens is 2. The Balaban J connectivity index is 1.49. The van der Waals surface area contributed by atoms with Crippen LogP contribution in [0, 0.1) is 0 Å². The first kappa shape index (κ1) is 22.7. The molecule has 5 aromatic rings. The molecular formula is C28H23N3O3S. The number of nitrogens with one attached hydrogen (secondary N) is 1. The highest BCUT2D eigenvalue weighted by atomic mass is 32.2. The quantitative estimate of drug-likeness (QED) is 0.215. The van der Waals surface area contributed by atoms with Gasteiger partial charge in [-0.05, 0) is 35.4 Å². The fraction of sp³-hybridized carbons (Fsp3) is 0.107. The van der Waals surface area contributed by atoms with Gasteiger partial charge in [0.2, 0.25) is 0 Å². The number of ether oxygens (including phenoxy) is 1. The molecule has 1 amide bonds. The monoisotopic (exact) mass is 481 g/mol. The second kappa shape index (κ2) is 10.4. The molecular weight excluding hydrogens is 458 g/mol. The first-order valence-electron chi connectivity index (χ1n) is 11.1. The summed E-state index contributed by atoms with van der Waals surface area (Å²) >= 11 is 1.46. The van der Waals surface area contributed by atoms with Crippen LogP contribution in [-0.2, 0) is 5.75 Å². The molecule has 0 aliphatic rings. The molecule has 0 aliphatic carbocycles. The van der Waals surface area contributed by atoms with Crippen molar-refractivity contribution < 1.29 is 13.9 Å². The first-order valence-corrected chi connectivity index (χ1v) is 12.1. The number of methoxy groups -OCH3 is 1. The van der Waals surface area contributed by atoms with E-state index in [0.717, 1.165) is 27.8 Å². The van der Waals surface area contributed by atoms with Crippen LogP contribution in [0.4, 0.5) is 0 Å². The van der Waals surface area contributed by atoms with Crippen molar-refractivity contribution in [2.45, 2.75) is 17.0 Å². The number of benzene rings is 3. The summed E-state index contributed by atoms with van der Waals surface area (Å²) in [5, 5.41) is 4.74. The fourth-order valence-electron chi connectivity index (χ4n) is 3.92. The summed E-state index contributed by atoms with van der Waals surface area (Å²) in [4.78, 5) is 22.2. The van der Waals surface area contributed by atoms with Gasteiger partial charge in [0.1, 0.15) is 11.3 Å². The highest BCUT2D eigenvalue weighted by Gasteiger charge is 2.25. The molecule has 1 N–H and O–H groups in total. The summed E-state index contributed by atoms with van der Waals surface area (Å²) < 4.78 is 11.4. The smallest absolute Gasteiger partial charge is 0.288 e. The number of hydrogen-bond donors (Lipinski definition) is 1. The molecule has 0 bridgehead atoms. The molecule has 5 rings (SSSR count).